The molecule has 1 fully saturated rings. The monoisotopic (exact) mass is 314 g/mol. The highest BCUT2D eigenvalue weighted by molar-refractivity contribution is 5.78. The molecule has 2 heterocycles. The Bertz CT molecular complexity index is 698. The molecule has 0 aliphatic carbocycles. The van der Waals surface area contributed by atoms with Gasteiger partial charge in [-0.05, 0) is 18.6 Å². The first-order valence-electron chi connectivity index (χ1n) is 7.60. The van der Waals surface area contributed by atoms with E-state index in [0.717, 1.165) is 11.5 Å². The van der Waals surface area contributed by atoms with Crippen molar-refractivity contribution in [2.24, 2.45) is 5.92 Å². The van der Waals surface area contributed by atoms with Crippen LogP contribution in [0.15, 0.2) is 36.7 Å². The van der Waals surface area contributed by atoms with E-state index < -0.39 is 11.9 Å². The highest BCUT2D eigenvalue weighted by Gasteiger charge is 2.30. The highest BCUT2D eigenvalue weighted by Crippen LogP contribution is 2.18. The number of hydrogen-bond donors (Lipinski definition) is 1. The largest absolute Gasteiger partial charge is 0.481 e. The molecule has 1 aliphatic rings. The Balaban J connectivity index is 1.60. The van der Waals surface area contributed by atoms with Gasteiger partial charge in [0.15, 0.2) is 0 Å². The highest BCUT2D eigenvalue weighted by atomic mass is 16.4. The van der Waals surface area contributed by atoms with Crippen molar-refractivity contribution in [1.29, 1.82) is 0 Å². The van der Waals surface area contributed by atoms with Crippen LogP contribution in [0.4, 0.5) is 0 Å². The molecule has 0 radical (unpaired) electrons. The number of likely N-dealkylation sites (tertiary alicyclic amines) is 1. The van der Waals surface area contributed by atoms with Crippen molar-refractivity contribution in [3.8, 4) is 5.69 Å². The lowest BCUT2D eigenvalue weighted by Gasteiger charge is -2.15. The van der Waals surface area contributed by atoms with Crippen LogP contribution in [0.1, 0.15) is 18.7 Å². The number of carboxylic acids is 1. The molecule has 3 rings (SSSR count). The van der Waals surface area contributed by atoms with Crippen LogP contribution in [-0.4, -0.2) is 49.7 Å². The topological polar surface area (TPSA) is 88.3 Å². The lowest BCUT2D eigenvalue weighted by atomic mass is 10.1. The molecule has 7 nitrogen and oxygen atoms in total. The standard InChI is InChI=1S/C16H18N4O3/c21-15(19-9-8-12(10-19)16(22)23)7-6-14-18-17-11-20(14)13-4-2-1-3-5-13/h1-5,11-12H,6-10H2,(H,22,23)/t12-/m0/s1. The molecule has 1 N–H and O–H groups in total. The number of amides is 1. The fourth-order valence-corrected chi connectivity index (χ4v) is 2.80. The van der Waals surface area contributed by atoms with Crippen LogP contribution in [0, 0.1) is 5.92 Å². The van der Waals surface area contributed by atoms with Crippen LogP contribution in [0.5, 0.6) is 0 Å². The summed E-state index contributed by atoms with van der Waals surface area (Å²) in [6, 6.07) is 9.70. The van der Waals surface area contributed by atoms with Gasteiger partial charge in [-0.3, -0.25) is 14.2 Å². The first-order chi connectivity index (χ1) is 11.1. The zero-order valence-electron chi connectivity index (χ0n) is 12.6. The summed E-state index contributed by atoms with van der Waals surface area (Å²) in [6.07, 6.45) is 2.94. The van der Waals surface area contributed by atoms with Gasteiger partial charge >= 0.3 is 5.97 Å². The second kappa shape index (κ2) is 6.60. The molecule has 1 saturated heterocycles. The first kappa shape index (κ1) is 15.2. The van der Waals surface area contributed by atoms with E-state index >= 15 is 0 Å². The summed E-state index contributed by atoms with van der Waals surface area (Å²) in [6.45, 7) is 0.820. The van der Waals surface area contributed by atoms with Crippen LogP contribution in [-0.2, 0) is 16.0 Å². The fourth-order valence-electron chi connectivity index (χ4n) is 2.80. The summed E-state index contributed by atoms with van der Waals surface area (Å²) in [5.74, 6) is -0.578. The van der Waals surface area contributed by atoms with Gasteiger partial charge in [-0.2, -0.15) is 0 Å². The molecular formula is C16H18N4O3. The van der Waals surface area contributed by atoms with Crippen molar-refractivity contribution >= 4 is 11.9 Å². The van der Waals surface area contributed by atoms with Crippen molar-refractivity contribution < 1.29 is 14.7 Å². The zero-order chi connectivity index (χ0) is 16.2. The molecule has 1 amide bonds. The molecule has 1 aromatic heterocycles. The molecule has 0 unspecified atom stereocenters. The van der Waals surface area contributed by atoms with E-state index in [1.54, 1.807) is 11.2 Å². The molecule has 1 aliphatic heterocycles. The van der Waals surface area contributed by atoms with Gasteiger partial charge in [-0.1, -0.05) is 18.2 Å². The minimum absolute atomic E-state index is 0.0311. The summed E-state index contributed by atoms with van der Waals surface area (Å²) >= 11 is 0. The van der Waals surface area contributed by atoms with Crippen molar-refractivity contribution in [2.75, 3.05) is 13.1 Å². The van der Waals surface area contributed by atoms with Crippen molar-refractivity contribution in [1.82, 2.24) is 19.7 Å². The van der Waals surface area contributed by atoms with Crippen molar-refractivity contribution in [2.45, 2.75) is 19.3 Å². The van der Waals surface area contributed by atoms with E-state index in [9.17, 15) is 9.59 Å². The number of hydrogen-bond acceptors (Lipinski definition) is 4. The third-order valence-corrected chi connectivity index (χ3v) is 4.11. The Morgan fingerprint density at radius 1 is 1.26 bits per heavy atom. The van der Waals surface area contributed by atoms with Crippen LogP contribution >= 0.6 is 0 Å². The molecule has 0 bridgehead atoms. The maximum absolute atomic E-state index is 12.2. The van der Waals surface area contributed by atoms with Gasteiger partial charge < -0.3 is 10.0 Å². The maximum Gasteiger partial charge on any atom is 0.308 e. The average Bonchev–Trinajstić information content (AvgIpc) is 3.22. The van der Waals surface area contributed by atoms with Crippen LogP contribution < -0.4 is 0 Å². The summed E-state index contributed by atoms with van der Waals surface area (Å²) in [4.78, 5) is 24.8. The molecule has 2 aromatic rings. The number of rotatable bonds is 5. The number of carbonyl (C=O) groups excluding carboxylic acids is 1. The molecule has 1 aromatic carbocycles. The van der Waals surface area contributed by atoms with Crippen molar-refractivity contribution in [3.05, 3.63) is 42.5 Å². The summed E-state index contributed by atoms with van der Waals surface area (Å²) < 4.78 is 1.86. The Morgan fingerprint density at radius 3 is 2.74 bits per heavy atom. The molecule has 23 heavy (non-hydrogen) atoms. The normalized spacial score (nSPS) is 17.4. The molecule has 1 atom stereocenters. The van der Waals surface area contributed by atoms with Gasteiger partial charge in [0.25, 0.3) is 0 Å². The van der Waals surface area contributed by atoms with Crippen molar-refractivity contribution in [3.63, 3.8) is 0 Å². The predicted molar refractivity (Wildman–Crippen MR) is 82.0 cm³/mol. The zero-order valence-corrected chi connectivity index (χ0v) is 12.6. The molecular weight excluding hydrogens is 296 g/mol. The first-order valence-corrected chi connectivity index (χ1v) is 7.60. The van der Waals surface area contributed by atoms with E-state index in [0.29, 0.717) is 32.4 Å². The van der Waals surface area contributed by atoms with Crippen LogP contribution in [0.3, 0.4) is 0 Å². The number of aromatic nitrogens is 3. The third kappa shape index (κ3) is 3.39. The quantitative estimate of drug-likeness (QED) is 0.894. The summed E-state index contributed by atoms with van der Waals surface area (Å²) in [5.41, 5.74) is 0.951. The minimum atomic E-state index is -0.830. The predicted octanol–water partition coefficient (Wildman–Crippen LogP) is 1.13. The van der Waals surface area contributed by atoms with Crippen LogP contribution in [0.2, 0.25) is 0 Å². The Hall–Kier alpha value is -2.70. The molecule has 120 valence electrons. The van der Waals surface area contributed by atoms with E-state index in [4.69, 9.17) is 5.11 Å². The van der Waals surface area contributed by atoms with Gasteiger partial charge in [0.05, 0.1) is 5.92 Å². The average molecular weight is 314 g/mol. The number of para-hydroxylation sites is 1. The van der Waals surface area contributed by atoms with Crippen LogP contribution in [0.25, 0.3) is 5.69 Å². The number of benzene rings is 1. The number of aliphatic carboxylic acids is 1. The SMILES string of the molecule is O=C(O)[C@H]1CCN(C(=O)CCc2nncn2-c2ccccc2)C1. The van der Waals surface area contributed by atoms with Gasteiger partial charge in [0.1, 0.15) is 12.2 Å². The van der Waals surface area contributed by atoms with E-state index in [1.807, 2.05) is 34.9 Å². The Morgan fingerprint density at radius 2 is 2.04 bits per heavy atom. The number of aryl methyl sites for hydroxylation is 1. The maximum atomic E-state index is 12.2. The third-order valence-electron chi connectivity index (χ3n) is 4.11. The lowest BCUT2D eigenvalue weighted by Crippen LogP contribution is -2.30. The van der Waals surface area contributed by atoms with E-state index in [2.05, 4.69) is 10.2 Å². The number of carbonyl (C=O) groups is 2. The fraction of sp³-hybridized carbons (Fsp3) is 0.375. The second-order valence-electron chi connectivity index (χ2n) is 5.62. The molecule has 7 heteroatoms. The van der Waals surface area contributed by atoms with Gasteiger partial charge in [-0.15, -0.1) is 10.2 Å². The number of carboxylic acid groups (broad SMARTS) is 1. The van der Waals surface area contributed by atoms with Gasteiger partial charge in [0.2, 0.25) is 5.91 Å². The summed E-state index contributed by atoms with van der Waals surface area (Å²) in [5, 5.41) is 17.0. The smallest absolute Gasteiger partial charge is 0.308 e. The summed E-state index contributed by atoms with van der Waals surface area (Å²) in [7, 11) is 0. The lowest BCUT2D eigenvalue weighted by molar-refractivity contribution is -0.141. The van der Waals surface area contributed by atoms with E-state index in [-0.39, 0.29) is 5.91 Å². The molecule has 0 spiro atoms. The minimum Gasteiger partial charge on any atom is -0.481 e. The molecule has 0 saturated carbocycles. The van der Waals surface area contributed by atoms with Gasteiger partial charge in [0, 0.05) is 31.6 Å². The second-order valence-corrected chi connectivity index (χ2v) is 5.62. The van der Waals surface area contributed by atoms with Gasteiger partial charge in [-0.25, -0.2) is 0 Å². The Kier molecular flexibility index (Phi) is 4.36. The Labute approximate surface area is 133 Å². The van der Waals surface area contributed by atoms with E-state index in [1.165, 1.54) is 0 Å². The number of nitrogens with zero attached hydrogens (tertiary/aromatic N) is 4.